The maximum Gasteiger partial charge on any atom is 0.306 e. The van der Waals surface area contributed by atoms with Gasteiger partial charge in [-0.05, 0) is 25.2 Å². The van der Waals surface area contributed by atoms with Crippen molar-refractivity contribution >= 4 is 11.9 Å². The van der Waals surface area contributed by atoms with Crippen molar-refractivity contribution in [2.75, 3.05) is 13.2 Å². The molecule has 0 bridgehead atoms. The van der Waals surface area contributed by atoms with E-state index >= 15 is 0 Å². The molecule has 0 rings (SSSR count). The Labute approximate surface area is 237 Å². The molecule has 0 aromatic heterocycles. The fourth-order valence-corrected chi connectivity index (χ4v) is 5.01. The highest BCUT2D eigenvalue weighted by Crippen LogP contribution is 2.17. The summed E-state index contributed by atoms with van der Waals surface area (Å²) in [7, 11) is 0. The molecular weight excluding hydrogens is 472 g/mol. The second-order valence-corrected chi connectivity index (χ2v) is 11.7. The zero-order valence-electron chi connectivity index (χ0n) is 26.0. The van der Waals surface area contributed by atoms with Crippen molar-refractivity contribution in [3.8, 4) is 0 Å². The monoisotopic (exact) mass is 538 g/mol. The van der Waals surface area contributed by atoms with Crippen molar-refractivity contribution in [3.63, 3.8) is 0 Å². The quantitative estimate of drug-likeness (QED) is 0.0674. The van der Waals surface area contributed by atoms with Crippen LogP contribution < -0.4 is 0 Å². The minimum Gasteiger partial charge on any atom is -0.466 e. The lowest BCUT2D eigenvalue weighted by molar-refractivity contribution is -0.145. The van der Waals surface area contributed by atoms with Gasteiger partial charge in [0.05, 0.1) is 13.2 Å². The fourth-order valence-electron chi connectivity index (χ4n) is 5.01. The van der Waals surface area contributed by atoms with E-state index in [-0.39, 0.29) is 11.9 Å². The van der Waals surface area contributed by atoms with E-state index in [1.54, 1.807) is 0 Å². The molecule has 0 heterocycles. The van der Waals surface area contributed by atoms with E-state index in [2.05, 4.69) is 20.8 Å². The van der Waals surface area contributed by atoms with Crippen LogP contribution in [0.1, 0.15) is 188 Å². The maximum absolute atomic E-state index is 11.9. The molecule has 0 saturated carbocycles. The average Bonchev–Trinajstić information content (AvgIpc) is 2.90. The predicted octanol–water partition coefficient (Wildman–Crippen LogP) is 10.9. The van der Waals surface area contributed by atoms with Gasteiger partial charge in [0.2, 0.25) is 0 Å². The summed E-state index contributed by atoms with van der Waals surface area (Å²) >= 11 is 0. The Balaban J connectivity index is 3.28. The molecule has 0 aromatic rings. The molecule has 226 valence electrons. The van der Waals surface area contributed by atoms with E-state index in [4.69, 9.17) is 9.47 Å². The van der Waals surface area contributed by atoms with Crippen molar-refractivity contribution in [2.24, 2.45) is 5.92 Å². The summed E-state index contributed by atoms with van der Waals surface area (Å²) in [6, 6.07) is 0. The number of rotatable bonds is 30. The van der Waals surface area contributed by atoms with Gasteiger partial charge in [-0.25, -0.2) is 0 Å². The molecule has 0 amide bonds. The van der Waals surface area contributed by atoms with Crippen LogP contribution in [-0.2, 0) is 19.1 Å². The minimum absolute atomic E-state index is 0.00138. The summed E-state index contributed by atoms with van der Waals surface area (Å²) in [5, 5.41) is 0. The van der Waals surface area contributed by atoms with Crippen LogP contribution >= 0.6 is 0 Å². The Kier molecular flexibility index (Phi) is 29.6. The molecule has 0 spiro atoms. The van der Waals surface area contributed by atoms with E-state index in [1.807, 2.05) is 0 Å². The number of carbonyl (C=O) groups is 2. The molecule has 4 heteroatoms. The van der Waals surface area contributed by atoms with Crippen LogP contribution in [0.25, 0.3) is 0 Å². The first-order chi connectivity index (χ1) is 18.6. The highest BCUT2D eigenvalue weighted by molar-refractivity contribution is 5.69. The van der Waals surface area contributed by atoms with Gasteiger partial charge in [0.25, 0.3) is 0 Å². The van der Waals surface area contributed by atoms with E-state index in [1.165, 1.54) is 122 Å². The van der Waals surface area contributed by atoms with Crippen LogP contribution in [0.4, 0.5) is 0 Å². The lowest BCUT2D eigenvalue weighted by Gasteiger charge is -2.11. The number of ether oxygens (including phenoxy) is 2. The SMILES string of the molecule is CCCCCCCOC(=O)CCCCCCCCCCCCCCCC(C)CC(=O)OCCCCCCC. The minimum atomic E-state index is -0.00324. The Morgan fingerprint density at radius 3 is 1.32 bits per heavy atom. The molecule has 0 fully saturated rings. The lowest BCUT2D eigenvalue weighted by atomic mass is 9.98. The predicted molar refractivity (Wildman–Crippen MR) is 162 cm³/mol. The van der Waals surface area contributed by atoms with Crippen molar-refractivity contribution in [1.82, 2.24) is 0 Å². The molecule has 0 aliphatic carbocycles. The van der Waals surface area contributed by atoms with Crippen LogP contribution in [-0.4, -0.2) is 25.2 Å². The first-order valence-corrected chi connectivity index (χ1v) is 16.9. The van der Waals surface area contributed by atoms with Gasteiger partial charge in [0.15, 0.2) is 0 Å². The molecule has 0 aliphatic heterocycles. The molecule has 0 N–H and O–H groups in total. The first kappa shape index (κ1) is 36.9. The van der Waals surface area contributed by atoms with Crippen LogP contribution in [0.5, 0.6) is 0 Å². The van der Waals surface area contributed by atoms with Crippen molar-refractivity contribution in [2.45, 2.75) is 188 Å². The van der Waals surface area contributed by atoms with Gasteiger partial charge < -0.3 is 9.47 Å². The molecule has 0 saturated heterocycles. The normalized spacial score (nSPS) is 12.0. The highest BCUT2D eigenvalue weighted by atomic mass is 16.5. The Bertz CT molecular complexity index is 505. The Morgan fingerprint density at radius 2 is 0.842 bits per heavy atom. The summed E-state index contributed by atoms with van der Waals surface area (Å²) < 4.78 is 10.7. The number of carbonyl (C=O) groups excluding carboxylic acids is 2. The van der Waals surface area contributed by atoms with Gasteiger partial charge in [-0.1, -0.05) is 156 Å². The number of hydrogen-bond acceptors (Lipinski definition) is 4. The second kappa shape index (κ2) is 30.5. The molecule has 0 aromatic carbocycles. The van der Waals surface area contributed by atoms with Crippen LogP contribution in [0.2, 0.25) is 0 Å². The zero-order chi connectivity index (χ0) is 27.9. The summed E-state index contributed by atoms with van der Waals surface area (Å²) in [6.45, 7) is 7.83. The molecule has 4 nitrogen and oxygen atoms in total. The third-order valence-corrected chi connectivity index (χ3v) is 7.61. The lowest BCUT2D eigenvalue weighted by Crippen LogP contribution is -2.10. The molecular formula is C34H66O4. The van der Waals surface area contributed by atoms with E-state index in [0.29, 0.717) is 32.0 Å². The molecule has 38 heavy (non-hydrogen) atoms. The maximum atomic E-state index is 11.9. The van der Waals surface area contributed by atoms with Crippen LogP contribution in [0.15, 0.2) is 0 Å². The highest BCUT2D eigenvalue weighted by Gasteiger charge is 2.10. The fraction of sp³-hybridized carbons (Fsp3) is 0.941. The average molecular weight is 539 g/mol. The molecule has 1 unspecified atom stereocenters. The number of hydrogen-bond donors (Lipinski definition) is 0. The van der Waals surface area contributed by atoms with Gasteiger partial charge in [-0.3, -0.25) is 9.59 Å². The van der Waals surface area contributed by atoms with Gasteiger partial charge in [-0.2, -0.15) is 0 Å². The van der Waals surface area contributed by atoms with Gasteiger partial charge in [-0.15, -0.1) is 0 Å². The van der Waals surface area contributed by atoms with Crippen molar-refractivity contribution in [3.05, 3.63) is 0 Å². The zero-order valence-corrected chi connectivity index (χ0v) is 26.0. The Hall–Kier alpha value is -1.06. The molecule has 1 atom stereocenters. The second-order valence-electron chi connectivity index (χ2n) is 11.7. The largest absolute Gasteiger partial charge is 0.466 e. The summed E-state index contributed by atoms with van der Waals surface area (Å²) in [4.78, 5) is 23.7. The topological polar surface area (TPSA) is 52.6 Å². The molecule has 0 radical (unpaired) electrons. The molecule has 0 aliphatic rings. The van der Waals surface area contributed by atoms with Gasteiger partial charge in [0.1, 0.15) is 0 Å². The number of esters is 2. The summed E-state index contributed by atoms with van der Waals surface area (Å²) in [5.74, 6) is 0.441. The van der Waals surface area contributed by atoms with E-state index in [0.717, 1.165) is 32.1 Å². The van der Waals surface area contributed by atoms with Crippen LogP contribution in [0.3, 0.4) is 0 Å². The third kappa shape index (κ3) is 29.5. The number of unbranched alkanes of at least 4 members (excludes halogenated alkanes) is 20. The van der Waals surface area contributed by atoms with Gasteiger partial charge in [0, 0.05) is 12.8 Å². The summed E-state index contributed by atoms with van der Waals surface area (Å²) in [5.41, 5.74) is 0. The van der Waals surface area contributed by atoms with Crippen LogP contribution in [0, 0.1) is 5.92 Å². The smallest absolute Gasteiger partial charge is 0.306 e. The standard InChI is InChI=1S/C34H66O4/c1-4-6-8-21-25-29-37-33(35)28-24-20-18-16-14-12-10-11-13-15-17-19-23-27-32(3)31-34(36)38-30-26-22-9-7-5-2/h32H,4-31H2,1-3H3. The van der Waals surface area contributed by atoms with E-state index < -0.39 is 0 Å². The Morgan fingerprint density at radius 1 is 0.474 bits per heavy atom. The third-order valence-electron chi connectivity index (χ3n) is 7.61. The van der Waals surface area contributed by atoms with Crippen molar-refractivity contribution in [1.29, 1.82) is 0 Å². The first-order valence-electron chi connectivity index (χ1n) is 16.9. The summed E-state index contributed by atoms with van der Waals surface area (Å²) in [6.07, 6.45) is 31.0. The van der Waals surface area contributed by atoms with Gasteiger partial charge >= 0.3 is 11.9 Å². The van der Waals surface area contributed by atoms with Crippen molar-refractivity contribution < 1.29 is 19.1 Å². The van der Waals surface area contributed by atoms with E-state index in [9.17, 15) is 9.59 Å².